The molecule has 1 saturated heterocycles. The Bertz CT molecular complexity index is 814. The molecule has 3 rings (SSSR count). The lowest BCUT2D eigenvalue weighted by molar-refractivity contribution is -0.119. The van der Waals surface area contributed by atoms with Crippen LogP contribution in [0.5, 0.6) is 5.75 Å². The molecule has 4 N–H and O–H groups in total. The molecule has 0 aromatic heterocycles. The van der Waals surface area contributed by atoms with Crippen molar-refractivity contribution in [2.75, 3.05) is 26.3 Å². The third kappa shape index (κ3) is 3.42. The highest BCUT2D eigenvalue weighted by Crippen LogP contribution is 2.40. The first-order valence-corrected chi connectivity index (χ1v) is 8.07. The molecule has 25 heavy (non-hydrogen) atoms. The minimum absolute atomic E-state index is 0.0133. The van der Waals surface area contributed by atoms with Gasteiger partial charge >= 0.3 is 5.97 Å². The molecule has 1 amide bonds. The number of fused-ring (bicyclic) bond motifs is 1. The Balaban J connectivity index is 2.22. The molecule has 1 atom stereocenters. The Morgan fingerprint density at radius 2 is 1.92 bits per heavy atom. The number of hydrogen-bond acceptors (Lipinski definition) is 5. The summed E-state index contributed by atoms with van der Waals surface area (Å²) in [6.07, 6.45) is -0.0133. The summed E-state index contributed by atoms with van der Waals surface area (Å²) in [5.41, 5.74) is 5.68. The number of carboxylic acid groups (broad SMARTS) is 1. The highest BCUT2D eigenvalue weighted by molar-refractivity contribution is 6.00. The summed E-state index contributed by atoms with van der Waals surface area (Å²) in [5, 5.41) is 21.5. The number of morpholine rings is 1. The van der Waals surface area contributed by atoms with Crippen LogP contribution in [-0.4, -0.2) is 53.3 Å². The Labute approximate surface area is 144 Å². The molecule has 1 aliphatic rings. The molecule has 2 aromatic carbocycles. The van der Waals surface area contributed by atoms with Gasteiger partial charge in [0, 0.05) is 31.1 Å². The van der Waals surface area contributed by atoms with Crippen molar-refractivity contribution in [1.82, 2.24) is 4.90 Å². The van der Waals surface area contributed by atoms with Gasteiger partial charge in [-0.2, -0.15) is 0 Å². The first kappa shape index (κ1) is 17.2. The molecule has 0 saturated carbocycles. The van der Waals surface area contributed by atoms with E-state index in [1.165, 1.54) is 6.07 Å². The van der Waals surface area contributed by atoms with Crippen LogP contribution in [0.3, 0.4) is 0 Å². The maximum Gasteiger partial charge on any atom is 0.339 e. The van der Waals surface area contributed by atoms with Crippen LogP contribution in [0, 0.1) is 0 Å². The number of primary amides is 1. The van der Waals surface area contributed by atoms with E-state index in [1.807, 2.05) is 17.0 Å². The molecule has 132 valence electrons. The summed E-state index contributed by atoms with van der Waals surface area (Å²) in [6, 6.07) is 8.14. The number of nitrogens with two attached hydrogens (primary N) is 1. The Morgan fingerprint density at radius 3 is 2.56 bits per heavy atom. The third-order valence-corrected chi connectivity index (χ3v) is 4.51. The van der Waals surface area contributed by atoms with Crippen molar-refractivity contribution in [1.29, 1.82) is 0 Å². The maximum atomic E-state index is 11.7. The number of ether oxygens (including phenoxy) is 1. The highest BCUT2D eigenvalue weighted by Gasteiger charge is 2.30. The average Bonchev–Trinajstić information content (AvgIpc) is 2.60. The minimum atomic E-state index is -1.22. The summed E-state index contributed by atoms with van der Waals surface area (Å²) in [7, 11) is 0. The van der Waals surface area contributed by atoms with E-state index >= 15 is 0 Å². The van der Waals surface area contributed by atoms with Crippen molar-refractivity contribution in [3.05, 3.63) is 41.5 Å². The van der Waals surface area contributed by atoms with E-state index in [0.29, 0.717) is 42.6 Å². The van der Waals surface area contributed by atoms with Gasteiger partial charge in [-0.3, -0.25) is 9.69 Å². The van der Waals surface area contributed by atoms with Crippen LogP contribution in [0.25, 0.3) is 10.8 Å². The van der Waals surface area contributed by atoms with Crippen LogP contribution in [-0.2, 0) is 9.53 Å². The number of aromatic hydroxyl groups is 1. The van der Waals surface area contributed by atoms with Crippen molar-refractivity contribution in [2.45, 2.75) is 12.5 Å². The second-order valence-electron chi connectivity index (χ2n) is 6.05. The number of carboxylic acids is 1. The molecule has 7 heteroatoms. The largest absolute Gasteiger partial charge is 0.507 e. The molecule has 1 unspecified atom stereocenters. The van der Waals surface area contributed by atoms with Crippen molar-refractivity contribution < 1.29 is 24.5 Å². The van der Waals surface area contributed by atoms with Crippen LogP contribution >= 0.6 is 0 Å². The number of rotatable bonds is 5. The average molecular weight is 344 g/mol. The molecular formula is C18H20N2O5. The van der Waals surface area contributed by atoms with E-state index in [1.54, 1.807) is 12.1 Å². The molecule has 0 aliphatic carbocycles. The number of nitrogens with zero attached hydrogens (tertiary/aromatic N) is 1. The molecule has 0 radical (unpaired) electrons. The molecule has 0 spiro atoms. The lowest BCUT2D eigenvalue weighted by Gasteiger charge is -2.35. The molecule has 7 nitrogen and oxygen atoms in total. The number of amides is 1. The fourth-order valence-electron chi connectivity index (χ4n) is 3.36. The SMILES string of the molecule is NC(=O)CC(c1c(O)c(C(=O)O)cc2ccccc12)N1CCOCC1. The van der Waals surface area contributed by atoms with E-state index in [4.69, 9.17) is 10.5 Å². The molecule has 1 fully saturated rings. The van der Waals surface area contributed by atoms with Gasteiger partial charge in [-0.1, -0.05) is 24.3 Å². The zero-order chi connectivity index (χ0) is 18.0. The van der Waals surface area contributed by atoms with Crippen molar-refractivity contribution >= 4 is 22.6 Å². The molecule has 1 aliphatic heterocycles. The van der Waals surface area contributed by atoms with Crippen molar-refractivity contribution in [3.8, 4) is 5.75 Å². The second kappa shape index (κ2) is 7.08. The van der Waals surface area contributed by atoms with Crippen LogP contribution in [0.4, 0.5) is 0 Å². The number of carbonyl (C=O) groups excluding carboxylic acids is 1. The zero-order valence-electron chi connectivity index (χ0n) is 13.6. The minimum Gasteiger partial charge on any atom is -0.507 e. The van der Waals surface area contributed by atoms with Crippen LogP contribution in [0.1, 0.15) is 28.4 Å². The van der Waals surface area contributed by atoms with Gasteiger partial charge in [-0.15, -0.1) is 0 Å². The van der Waals surface area contributed by atoms with Gasteiger partial charge in [-0.25, -0.2) is 4.79 Å². The number of carbonyl (C=O) groups is 2. The lowest BCUT2D eigenvalue weighted by Crippen LogP contribution is -2.40. The van der Waals surface area contributed by atoms with Crippen LogP contribution in [0.15, 0.2) is 30.3 Å². The predicted octanol–water partition coefficient (Wildman–Crippen LogP) is 1.49. The van der Waals surface area contributed by atoms with Crippen molar-refractivity contribution in [3.63, 3.8) is 0 Å². The summed E-state index contributed by atoms with van der Waals surface area (Å²) in [4.78, 5) is 25.2. The smallest absolute Gasteiger partial charge is 0.339 e. The van der Waals surface area contributed by atoms with Crippen LogP contribution < -0.4 is 5.73 Å². The molecule has 1 heterocycles. The topological polar surface area (TPSA) is 113 Å². The first-order chi connectivity index (χ1) is 12.0. The van der Waals surface area contributed by atoms with E-state index in [0.717, 1.165) is 0 Å². The quantitative estimate of drug-likeness (QED) is 0.757. The number of aromatic carboxylic acids is 1. The summed E-state index contributed by atoms with van der Waals surface area (Å²) in [5.74, 6) is -2.05. The van der Waals surface area contributed by atoms with E-state index < -0.39 is 17.9 Å². The first-order valence-electron chi connectivity index (χ1n) is 8.07. The van der Waals surface area contributed by atoms with Gasteiger partial charge in [-0.05, 0) is 16.8 Å². The molecule has 2 aromatic rings. The predicted molar refractivity (Wildman–Crippen MR) is 91.5 cm³/mol. The van der Waals surface area contributed by atoms with Crippen LogP contribution in [0.2, 0.25) is 0 Å². The fraction of sp³-hybridized carbons (Fsp3) is 0.333. The normalized spacial score (nSPS) is 16.6. The van der Waals surface area contributed by atoms with Gasteiger partial charge in [0.1, 0.15) is 11.3 Å². The lowest BCUT2D eigenvalue weighted by atomic mass is 9.91. The monoisotopic (exact) mass is 344 g/mol. The Morgan fingerprint density at radius 1 is 1.24 bits per heavy atom. The summed E-state index contributed by atoms with van der Waals surface area (Å²) < 4.78 is 5.36. The standard InChI is InChI=1S/C18H20N2O5/c19-15(21)10-14(20-5-7-25-8-6-20)16-12-4-2-1-3-11(12)9-13(17(16)22)18(23)24/h1-4,9,14,22H,5-8,10H2,(H2,19,21)(H,23,24). The van der Waals surface area contributed by atoms with Gasteiger partial charge in [0.25, 0.3) is 0 Å². The van der Waals surface area contributed by atoms with E-state index in [-0.39, 0.29) is 17.7 Å². The fourth-order valence-corrected chi connectivity index (χ4v) is 3.36. The van der Waals surface area contributed by atoms with Gasteiger partial charge in [0.15, 0.2) is 0 Å². The van der Waals surface area contributed by atoms with Gasteiger partial charge < -0.3 is 20.7 Å². The van der Waals surface area contributed by atoms with E-state index in [9.17, 15) is 19.8 Å². The maximum absolute atomic E-state index is 11.7. The van der Waals surface area contributed by atoms with Gasteiger partial charge in [0.2, 0.25) is 5.91 Å². The zero-order valence-corrected chi connectivity index (χ0v) is 13.6. The van der Waals surface area contributed by atoms with Crippen molar-refractivity contribution in [2.24, 2.45) is 5.73 Å². The highest BCUT2D eigenvalue weighted by atomic mass is 16.5. The number of phenols is 1. The van der Waals surface area contributed by atoms with Gasteiger partial charge in [0.05, 0.1) is 13.2 Å². The number of benzene rings is 2. The molecular weight excluding hydrogens is 324 g/mol. The summed E-state index contributed by atoms with van der Waals surface area (Å²) >= 11 is 0. The summed E-state index contributed by atoms with van der Waals surface area (Å²) in [6.45, 7) is 2.16. The Kier molecular flexibility index (Phi) is 4.87. The third-order valence-electron chi connectivity index (χ3n) is 4.51. The Hall–Kier alpha value is -2.64. The van der Waals surface area contributed by atoms with E-state index in [2.05, 4.69) is 0 Å². The number of hydrogen-bond donors (Lipinski definition) is 3. The molecule has 0 bridgehead atoms. The second-order valence-corrected chi connectivity index (χ2v) is 6.05.